The molecule has 0 saturated carbocycles. The molecule has 0 unspecified atom stereocenters. The molecule has 1 fully saturated rings. The van der Waals surface area contributed by atoms with E-state index < -0.39 is 0 Å². The lowest BCUT2D eigenvalue weighted by atomic mass is 9.94. The second kappa shape index (κ2) is 6.20. The van der Waals surface area contributed by atoms with Crippen LogP contribution in [0.3, 0.4) is 0 Å². The molecule has 0 radical (unpaired) electrons. The van der Waals surface area contributed by atoms with Crippen LogP contribution in [-0.4, -0.2) is 29.4 Å². The Balaban J connectivity index is 1.95. The molecule has 0 aliphatic carbocycles. The highest BCUT2D eigenvalue weighted by molar-refractivity contribution is 5.79. The maximum atomic E-state index is 12.5. The standard InChI is InChI=1S/C16H24N2O/c1-12(10-14-6-4-3-5-7-14)16(19)18-9-8-15(17)11-13(18)2/h3-7,12-13,15H,8-11,17H2,1-2H3/t12-,13+,15+/m1/s1. The Kier molecular flexibility index (Phi) is 4.59. The molecule has 3 atom stereocenters. The fraction of sp³-hybridized carbons (Fsp3) is 0.562. The molecule has 1 aliphatic rings. The van der Waals surface area contributed by atoms with Crippen LogP contribution in [0.25, 0.3) is 0 Å². The third kappa shape index (κ3) is 3.57. The van der Waals surface area contributed by atoms with Crippen molar-refractivity contribution in [2.45, 2.75) is 45.2 Å². The van der Waals surface area contributed by atoms with E-state index in [2.05, 4.69) is 19.1 Å². The number of hydrogen-bond donors (Lipinski definition) is 1. The summed E-state index contributed by atoms with van der Waals surface area (Å²) < 4.78 is 0. The number of nitrogens with zero attached hydrogens (tertiary/aromatic N) is 1. The quantitative estimate of drug-likeness (QED) is 0.905. The highest BCUT2D eigenvalue weighted by atomic mass is 16.2. The summed E-state index contributed by atoms with van der Waals surface area (Å²) in [4.78, 5) is 14.5. The number of nitrogens with two attached hydrogens (primary N) is 1. The normalized spacial score (nSPS) is 25.1. The molecular formula is C16H24N2O. The SMILES string of the molecule is C[C@H](Cc1ccccc1)C(=O)N1CC[C@H](N)C[C@@H]1C. The Morgan fingerprint density at radius 3 is 2.74 bits per heavy atom. The first-order valence-corrected chi connectivity index (χ1v) is 7.18. The van der Waals surface area contributed by atoms with E-state index in [0.29, 0.717) is 0 Å². The zero-order chi connectivity index (χ0) is 13.8. The molecule has 1 saturated heterocycles. The molecule has 2 rings (SSSR count). The second-order valence-corrected chi connectivity index (χ2v) is 5.76. The van der Waals surface area contributed by atoms with Crippen LogP contribution < -0.4 is 5.73 Å². The van der Waals surface area contributed by atoms with Gasteiger partial charge in [-0.25, -0.2) is 0 Å². The molecule has 1 aromatic rings. The van der Waals surface area contributed by atoms with Crippen LogP contribution in [-0.2, 0) is 11.2 Å². The molecule has 1 aromatic carbocycles. The summed E-state index contributed by atoms with van der Waals surface area (Å²) in [6, 6.07) is 10.7. The first-order chi connectivity index (χ1) is 9.08. The van der Waals surface area contributed by atoms with Crippen LogP contribution >= 0.6 is 0 Å². The predicted octanol–water partition coefficient (Wildman–Crippen LogP) is 2.20. The molecule has 1 amide bonds. The lowest BCUT2D eigenvalue weighted by molar-refractivity contribution is -0.138. The van der Waals surface area contributed by atoms with E-state index in [9.17, 15) is 4.79 Å². The van der Waals surface area contributed by atoms with E-state index in [1.165, 1.54) is 5.56 Å². The number of carbonyl (C=O) groups is 1. The monoisotopic (exact) mass is 260 g/mol. The minimum atomic E-state index is 0.0409. The highest BCUT2D eigenvalue weighted by Crippen LogP contribution is 2.20. The fourth-order valence-corrected chi connectivity index (χ4v) is 2.87. The van der Waals surface area contributed by atoms with Crippen molar-refractivity contribution in [3.05, 3.63) is 35.9 Å². The molecular weight excluding hydrogens is 236 g/mol. The topological polar surface area (TPSA) is 46.3 Å². The van der Waals surface area contributed by atoms with Gasteiger partial charge in [0.25, 0.3) is 0 Å². The highest BCUT2D eigenvalue weighted by Gasteiger charge is 2.29. The largest absolute Gasteiger partial charge is 0.340 e. The number of piperidine rings is 1. The van der Waals surface area contributed by atoms with E-state index in [1.54, 1.807) is 0 Å². The van der Waals surface area contributed by atoms with Crippen molar-refractivity contribution in [2.24, 2.45) is 11.7 Å². The number of rotatable bonds is 3. The zero-order valence-electron chi connectivity index (χ0n) is 11.9. The summed E-state index contributed by atoms with van der Waals surface area (Å²) in [7, 11) is 0. The van der Waals surface area contributed by atoms with Crippen molar-refractivity contribution in [1.82, 2.24) is 4.90 Å². The first kappa shape index (κ1) is 14.1. The molecule has 19 heavy (non-hydrogen) atoms. The van der Waals surface area contributed by atoms with Gasteiger partial charge in [0.2, 0.25) is 5.91 Å². The minimum Gasteiger partial charge on any atom is -0.340 e. The number of amides is 1. The molecule has 1 aliphatic heterocycles. The van der Waals surface area contributed by atoms with Crippen molar-refractivity contribution in [3.63, 3.8) is 0 Å². The van der Waals surface area contributed by atoms with Crippen LogP contribution in [0.15, 0.2) is 30.3 Å². The molecule has 1 heterocycles. The van der Waals surface area contributed by atoms with Crippen molar-refractivity contribution >= 4 is 5.91 Å². The summed E-state index contributed by atoms with van der Waals surface area (Å²) in [6.07, 6.45) is 2.66. The van der Waals surface area contributed by atoms with Gasteiger partial charge in [-0.05, 0) is 31.7 Å². The summed E-state index contributed by atoms with van der Waals surface area (Å²) in [6.45, 7) is 4.93. The van der Waals surface area contributed by atoms with Gasteiger partial charge in [0.1, 0.15) is 0 Å². The van der Waals surface area contributed by atoms with Gasteiger partial charge in [-0.2, -0.15) is 0 Å². The summed E-state index contributed by atoms with van der Waals surface area (Å²) in [5, 5.41) is 0. The van der Waals surface area contributed by atoms with Crippen LogP contribution in [0, 0.1) is 5.92 Å². The van der Waals surface area contributed by atoms with Gasteiger partial charge in [-0.1, -0.05) is 37.3 Å². The Labute approximate surface area is 115 Å². The Hall–Kier alpha value is -1.35. The van der Waals surface area contributed by atoms with E-state index in [-0.39, 0.29) is 23.9 Å². The van der Waals surface area contributed by atoms with Crippen molar-refractivity contribution in [3.8, 4) is 0 Å². The first-order valence-electron chi connectivity index (χ1n) is 7.18. The van der Waals surface area contributed by atoms with Crippen molar-refractivity contribution < 1.29 is 4.79 Å². The lowest BCUT2D eigenvalue weighted by Crippen LogP contribution is -2.50. The molecule has 0 spiro atoms. The average molecular weight is 260 g/mol. The van der Waals surface area contributed by atoms with Crippen molar-refractivity contribution in [1.29, 1.82) is 0 Å². The predicted molar refractivity (Wildman–Crippen MR) is 77.7 cm³/mol. The third-order valence-electron chi connectivity index (χ3n) is 4.01. The van der Waals surface area contributed by atoms with Crippen LogP contribution in [0.4, 0.5) is 0 Å². The minimum absolute atomic E-state index is 0.0409. The summed E-state index contributed by atoms with van der Waals surface area (Å²) in [5.41, 5.74) is 7.18. The average Bonchev–Trinajstić information content (AvgIpc) is 2.39. The van der Waals surface area contributed by atoms with Crippen LogP contribution in [0.2, 0.25) is 0 Å². The molecule has 3 heteroatoms. The molecule has 104 valence electrons. The number of likely N-dealkylation sites (tertiary alicyclic amines) is 1. The van der Waals surface area contributed by atoms with Gasteiger partial charge in [0, 0.05) is 24.5 Å². The number of hydrogen-bond acceptors (Lipinski definition) is 2. The smallest absolute Gasteiger partial charge is 0.225 e. The zero-order valence-corrected chi connectivity index (χ0v) is 11.9. The van der Waals surface area contributed by atoms with Gasteiger partial charge in [-0.3, -0.25) is 4.79 Å². The Morgan fingerprint density at radius 1 is 1.42 bits per heavy atom. The Morgan fingerprint density at radius 2 is 2.11 bits per heavy atom. The van der Waals surface area contributed by atoms with E-state index >= 15 is 0 Å². The number of carbonyl (C=O) groups excluding carboxylic acids is 1. The Bertz CT molecular complexity index is 418. The fourth-order valence-electron chi connectivity index (χ4n) is 2.87. The maximum Gasteiger partial charge on any atom is 0.225 e. The second-order valence-electron chi connectivity index (χ2n) is 5.76. The van der Waals surface area contributed by atoms with Gasteiger partial charge in [0.05, 0.1) is 0 Å². The van der Waals surface area contributed by atoms with Gasteiger partial charge < -0.3 is 10.6 Å². The van der Waals surface area contributed by atoms with E-state index in [4.69, 9.17) is 5.73 Å². The molecule has 2 N–H and O–H groups in total. The van der Waals surface area contributed by atoms with E-state index in [0.717, 1.165) is 25.8 Å². The summed E-state index contributed by atoms with van der Waals surface area (Å²) in [5.74, 6) is 0.308. The lowest BCUT2D eigenvalue weighted by Gasteiger charge is -2.38. The molecule has 0 bridgehead atoms. The van der Waals surface area contributed by atoms with Gasteiger partial charge in [-0.15, -0.1) is 0 Å². The van der Waals surface area contributed by atoms with Gasteiger partial charge in [0.15, 0.2) is 0 Å². The van der Waals surface area contributed by atoms with Crippen molar-refractivity contribution in [2.75, 3.05) is 6.54 Å². The maximum absolute atomic E-state index is 12.5. The molecule has 0 aromatic heterocycles. The van der Waals surface area contributed by atoms with Gasteiger partial charge >= 0.3 is 0 Å². The van der Waals surface area contributed by atoms with Crippen LogP contribution in [0.5, 0.6) is 0 Å². The van der Waals surface area contributed by atoms with E-state index in [1.807, 2.05) is 30.0 Å². The third-order valence-corrected chi connectivity index (χ3v) is 4.01. The number of benzene rings is 1. The van der Waals surface area contributed by atoms with Crippen LogP contribution in [0.1, 0.15) is 32.3 Å². The summed E-state index contributed by atoms with van der Waals surface area (Å²) >= 11 is 0. The molecule has 3 nitrogen and oxygen atoms in total.